The van der Waals surface area contributed by atoms with Gasteiger partial charge < -0.3 is 0 Å². The topological polar surface area (TPSA) is 0 Å². The van der Waals surface area contributed by atoms with Gasteiger partial charge in [0.1, 0.15) is 0 Å². The quantitative estimate of drug-likeness (QED) is 0.459. The Hall–Kier alpha value is -0.140. The van der Waals surface area contributed by atoms with Crippen molar-refractivity contribution >= 4 is 0 Å². The summed E-state index contributed by atoms with van der Waals surface area (Å²) in [7, 11) is 0. The first-order chi connectivity index (χ1) is 3.71. The van der Waals surface area contributed by atoms with Crippen LogP contribution in [0.2, 0.25) is 0 Å². The monoisotopic (exact) mass is 119 g/mol. The van der Waals surface area contributed by atoms with E-state index >= 15 is 0 Å². The van der Waals surface area contributed by atoms with E-state index in [1.54, 1.807) is 0 Å². The van der Waals surface area contributed by atoms with Gasteiger partial charge in [-0.1, -0.05) is 0 Å². The predicted molar refractivity (Wildman–Crippen MR) is 27.7 cm³/mol. The Balaban J connectivity index is 2.33. The molecule has 0 atom stereocenters. The minimum absolute atomic E-state index is 0.0625. The molecule has 47 valence electrons. The number of alkyl halides is 2. The fraction of sp³-hybridized carbons (Fsp3) is 0.833. The molecule has 0 heterocycles. The van der Waals surface area contributed by atoms with Gasteiger partial charge in [-0.05, 0) is 19.3 Å². The second kappa shape index (κ2) is 2.00. The smallest absolute Gasteiger partial charge is 0.207 e. The molecule has 0 nitrogen and oxygen atoms in total. The minimum atomic E-state index is -2.35. The van der Waals surface area contributed by atoms with Crippen molar-refractivity contribution in [3.63, 3.8) is 0 Å². The van der Waals surface area contributed by atoms with Crippen molar-refractivity contribution in [3.8, 4) is 0 Å². The van der Waals surface area contributed by atoms with E-state index in [4.69, 9.17) is 0 Å². The molecule has 1 saturated carbocycles. The van der Waals surface area contributed by atoms with E-state index in [0.29, 0.717) is 12.8 Å². The fourth-order valence-corrected chi connectivity index (χ4v) is 0.896. The largest absolute Gasteiger partial charge is 0.248 e. The lowest BCUT2D eigenvalue weighted by Crippen LogP contribution is -2.19. The third-order valence-corrected chi connectivity index (χ3v) is 1.43. The van der Waals surface area contributed by atoms with E-state index < -0.39 is 5.92 Å². The molecule has 1 rings (SSSR count). The van der Waals surface area contributed by atoms with E-state index in [2.05, 4.69) is 0 Å². The van der Waals surface area contributed by atoms with E-state index in [1.165, 1.54) is 0 Å². The zero-order chi connectivity index (χ0) is 6.04. The summed E-state index contributed by atoms with van der Waals surface area (Å²) >= 11 is 0. The highest BCUT2D eigenvalue weighted by Gasteiger charge is 2.30. The van der Waals surface area contributed by atoms with Gasteiger partial charge >= 0.3 is 0 Å². The molecule has 0 N–H and O–H groups in total. The van der Waals surface area contributed by atoms with Crippen molar-refractivity contribution in [3.05, 3.63) is 6.42 Å². The second-order valence-corrected chi connectivity index (χ2v) is 2.22. The van der Waals surface area contributed by atoms with Gasteiger partial charge in [0.15, 0.2) is 0 Å². The molecule has 0 amide bonds. The van der Waals surface area contributed by atoms with Crippen molar-refractivity contribution in [1.29, 1.82) is 0 Å². The third-order valence-electron chi connectivity index (χ3n) is 1.43. The van der Waals surface area contributed by atoms with E-state index in [9.17, 15) is 8.78 Å². The molecular weight excluding hydrogens is 110 g/mol. The Morgan fingerprint density at radius 3 is 1.88 bits per heavy atom. The van der Waals surface area contributed by atoms with Gasteiger partial charge in [0, 0.05) is 12.8 Å². The van der Waals surface area contributed by atoms with Gasteiger partial charge in [-0.25, -0.2) is 8.78 Å². The molecule has 1 aliphatic carbocycles. The highest BCUT2D eigenvalue weighted by Crippen LogP contribution is 2.31. The maximum absolute atomic E-state index is 12.2. The van der Waals surface area contributed by atoms with E-state index in [1.807, 2.05) is 6.42 Å². The van der Waals surface area contributed by atoms with Gasteiger partial charge in [-0.3, -0.25) is 0 Å². The number of hydrogen-bond donors (Lipinski definition) is 0. The summed E-state index contributed by atoms with van der Waals surface area (Å²) in [6, 6.07) is 0. The Morgan fingerprint density at radius 1 is 1.12 bits per heavy atom. The standard InChI is InChI=1S/C6H9F2/c7-6(8)4-2-1-3-5-6/h1H,2-5H2. The van der Waals surface area contributed by atoms with Crippen LogP contribution >= 0.6 is 0 Å². The highest BCUT2D eigenvalue weighted by molar-refractivity contribution is 4.80. The SMILES string of the molecule is FC1(F)CC[CH]CC1. The summed E-state index contributed by atoms with van der Waals surface area (Å²) in [5, 5.41) is 0. The lowest BCUT2D eigenvalue weighted by atomic mass is 9.97. The van der Waals surface area contributed by atoms with Crippen molar-refractivity contribution in [2.45, 2.75) is 31.6 Å². The number of hydrogen-bond acceptors (Lipinski definition) is 0. The summed E-state index contributed by atoms with van der Waals surface area (Å²) in [5.74, 6) is -2.35. The van der Waals surface area contributed by atoms with Crippen LogP contribution in [0.15, 0.2) is 0 Å². The van der Waals surface area contributed by atoms with Crippen molar-refractivity contribution in [2.24, 2.45) is 0 Å². The average molecular weight is 119 g/mol. The first kappa shape index (κ1) is 5.99. The molecular formula is C6H9F2. The Morgan fingerprint density at radius 2 is 1.62 bits per heavy atom. The van der Waals surface area contributed by atoms with Crippen molar-refractivity contribution in [1.82, 2.24) is 0 Å². The summed E-state index contributed by atoms with van der Waals surface area (Å²) in [5.41, 5.74) is 0. The second-order valence-electron chi connectivity index (χ2n) is 2.22. The minimum Gasteiger partial charge on any atom is -0.207 e. The van der Waals surface area contributed by atoms with Crippen molar-refractivity contribution in [2.75, 3.05) is 0 Å². The van der Waals surface area contributed by atoms with Crippen molar-refractivity contribution < 1.29 is 8.78 Å². The van der Waals surface area contributed by atoms with Crippen LogP contribution in [-0.4, -0.2) is 5.92 Å². The molecule has 0 unspecified atom stereocenters. The van der Waals surface area contributed by atoms with Crippen LogP contribution in [0.25, 0.3) is 0 Å². The van der Waals surface area contributed by atoms with Gasteiger partial charge in [-0.2, -0.15) is 0 Å². The normalized spacial score (nSPS) is 27.8. The van der Waals surface area contributed by atoms with Crippen LogP contribution in [0.3, 0.4) is 0 Å². The average Bonchev–Trinajstić information content (AvgIpc) is 1.65. The van der Waals surface area contributed by atoms with Crippen LogP contribution in [-0.2, 0) is 0 Å². The number of rotatable bonds is 0. The number of halogens is 2. The summed E-state index contributed by atoms with van der Waals surface area (Å²) < 4.78 is 24.4. The first-order valence-electron chi connectivity index (χ1n) is 2.90. The molecule has 1 radical (unpaired) electrons. The maximum Gasteiger partial charge on any atom is 0.248 e. The Labute approximate surface area is 47.9 Å². The maximum atomic E-state index is 12.2. The molecule has 0 aromatic heterocycles. The summed E-state index contributed by atoms with van der Waals surface area (Å²) in [6.07, 6.45) is 3.23. The molecule has 1 fully saturated rings. The first-order valence-corrected chi connectivity index (χ1v) is 2.90. The fourth-order valence-electron chi connectivity index (χ4n) is 0.896. The molecule has 0 aromatic carbocycles. The lowest BCUT2D eigenvalue weighted by Gasteiger charge is -2.19. The molecule has 0 saturated heterocycles. The summed E-state index contributed by atoms with van der Waals surface area (Å²) in [4.78, 5) is 0. The third kappa shape index (κ3) is 1.42. The van der Waals surface area contributed by atoms with Gasteiger partial charge in [0.05, 0.1) is 0 Å². The van der Waals surface area contributed by atoms with Crippen LogP contribution < -0.4 is 0 Å². The zero-order valence-corrected chi connectivity index (χ0v) is 4.66. The lowest BCUT2D eigenvalue weighted by molar-refractivity contribution is -0.0254. The molecule has 0 bridgehead atoms. The molecule has 2 heteroatoms. The summed E-state index contributed by atoms with van der Waals surface area (Å²) in [6.45, 7) is 0. The van der Waals surface area contributed by atoms with Gasteiger partial charge in [-0.15, -0.1) is 0 Å². The van der Waals surface area contributed by atoms with Crippen LogP contribution in [0, 0.1) is 6.42 Å². The molecule has 0 aromatic rings. The van der Waals surface area contributed by atoms with Gasteiger partial charge in [0.25, 0.3) is 0 Å². The molecule has 1 aliphatic rings. The van der Waals surface area contributed by atoms with Crippen LogP contribution in [0.4, 0.5) is 8.78 Å². The highest BCUT2D eigenvalue weighted by atomic mass is 19.3. The van der Waals surface area contributed by atoms with Crippen LogP contribution in [0.5, 0.6) is 0 Å². The predicted octanol–water partition coefficient (Wildman–Crippen LogP) is 2.40. The molecule has 0 aliphatic heterocycles. The zero-order valence-electron chi connectivity index (χ0n) is 4.66. The molecule has 0 spiro atoms. The van der Waals surface area contributed by atoms with Crippen LogP contribution in [0.1, 0.15) is 25.7 Å². The Bertz CT molecular complexity index is 70.6. The van der Waals surface area contributed by atoms with Gasteiger partial charge in [0.2, 0.25) is 5.92 Å². The molecule has 8 heavy (non-hydrogen) atoms. The van der Waals surface area contributed by atoms with E-state index in [-0.39, 0.29) is 12.8 Å². The Kier molecular flexibility index (Phi) is 1.49. The van der Waals surface area contributed by atoms with E-state index in [0.717, 1.165) is 0 Å².